The van der Waals surface area contributed by atoms with Crippen LogP contribution in [0.4, 0.5) is 11.4 Å². The second-order valence-corrected chi connectivity index (χ2v) is 10.5. The number of benzene rings is 2. The van der Waals surface area contributed by atoms with Gasteiger partial charge in [-0.05, 0) is 75.6 Å². The highest BCUT2D eigenvalue weighted by Crippen LogP contribution is 2.37. The fourth-order valence-corrected chi connectivity index (χ4v) is 5.61. The molecule has 0 radical (unpaired) electrons. The summed E-state index contributed by atoms with van der Waals surface area (Å²) in [4.78, 5) is 41.9. The number of primary amides is 1. The van der Waals surface area contributed by atoms with Crippen molar-refractivity contribution < 1.29 is 19.1 Å². The molecule has 1 aromatic heterocycles. The topological polar surface area (TPSA) is 111 Å². The van der Waals surface area contributed by atoms with Gasteiger partial charge in [0.1, 0.15) is 17.0 Å². The van der Waals surface area contributed by atoms with Crippen LogP contribution in [0.2, 0.25) is 0 Å². The van der Waals surface area contributed by atoms with Crippen molar-refractivity contribution in [3.05, 3.63) is 65.0 Å². The Bertz CT molecular complexity index is 1440. The Morgan fingerprint density at radius 1 is 0.946 bits per heavy atom. The van der Waals surface area contributed by atoms with Crippen molar-refractivity contribution in [1.82, 2.24) is 9.78 Å². The third kappa shape index (κ3) is 3.94. The van der Waals surface area contributed by atoms with E-state index in [4.69, 9.17) is 10.5 Å². The maximum atomic E-state index is 13.8. The summed E-state index contributed by atoms with van der Waals surface area (Å²) < 4.78 is 7.53. The van der Waals surface area contributed by atoms with E-state index < -0.39 is 5.91 Å². The molecule has 0 unspecified atom stereocenters. The number of nitrogens with two attached hydrogens (primary N) is 1. The SMILES string of the molecule is CC1(C)Cc2cc(-n3nc(C(N)=O)c4c3C(=O)N(c3ccc(N5CCCCC5=O)cc3)CC4)ccc2O1. The Morgan fingerprint density at radius 3 is 2.35 bits per heavy atom. The molecule has 2 N–H and O–H groups in total. The number of anilines is 2. The van der Waals surface area contributed by atoms with E-state index in [2.05, 4.69) is 5.10 Å². The first-order valence-corrected chi connectivity index (χ1v) is 12.7. The van der Waals surface area contributed by atoms with E-state index in [9.17, 15) is 14.4 Å². The van der Waals surface area contributed by atoms with Crippen LogP contribution in [-0.2, 0) is 17.6 Å². The third-order valence-corrected chi connectivity index (χ3v) is 7.34. The Morgan fingerprint density at radius 2 is 1.65 bits per heavy atom. The molecular weight excluding hydrogens is 470 g/mol. The minimum Gasteiger partial charge on any atom is -0.487 e. The monoisotopic (exact) mass is 499 g/mol. The van der Waals surface area contributed by atoms with Crippen LogP contribution in [0, 0.1) is 0 Å². The predicted octanol–water partition coefficient (Wildman–Crippen LogP) is 3.40. The summed E-state index contributed by atoms with van der Waals surface area (Å²) in [6.45, 7) is 5.16. The van der Waals surface area contributed by atoms with Crippen LogP contribution in [-0.4, -0.2) is 46.2 Å². The van der Waals surface area contributed by atoms with Crippen molar-refractivity contribution in [2.24, 2.45) is 5.73 Å². The van der Waals surface area contributed by atoms with Crippen molar-refractivity contribution in [1.29, 1.82) is 0 Å². The Hall–Kier alpha value is -4.14. The minimum atomic E-state index is -0.655. The average molecular weight is 500 g/mol. The lowest BCUT2D eigenvalue weighted by Gasteiger charge is -2.29. The highest BCUT2D eigenvalue weighted by molar-refractivity contribution is 6.09. The highest BCUT2D eigenvalue weighted by Gasteiger charge is 2.36. The molecule has 9 heteroatoms. The van der Waals surface area contributed by atoms with Crippen molar-refractivity contribution in [2.45, 2.75) is 51.6 Å². The molecule has 0 aliphatic carbocycles. The van der Waals surface area contributed by atoms with Crippen LogP contribution >= 0.6 is 0 Å². The van der Waals surface area contributed by atoms with Crippen LogP contribution in [0.1, 0.15) is 65.2 Å². The predicted molar refractivity (Wildman–Crippen MR) is 139 cm³/mol. The molecule has 190 valence electrons. The summed E-state index contributed by atoms with van der Waals surface area (Å²) in [7, 11) is 0. The van der Waals surface area contributed by atoms with Gasteiger partial charge in [-0.1, -0.05) is 0 Å². The molecule has 3 aromatic rings. The number of hydrogen-bond donors (Lipinski definition) is 1. The van der Waals surface area contributed by atoms with Crippen LogP contribution in [0.25, 0.3) is 5.69 Å². The molecule has 3 aliphatic rings. The fraction of sp³-hybridized carbons (Fsp3) is 0.357. The lowest BCUT2D eigenvalue weighted by atomic mass is 10.0. The normalized spacial score (nSPS) is 18.4. The largest absolute Gasteiger partial charge is 0.487 e. The second kappa shape index (κ2) is 8.47. The number of aromatic nitrogens is 2. The zero-order valence-corrected chi connectivity index (χ0v) is 21.0. The molecular formula is C28H29N5O4. The van der Waals surface area contributed by atoms with Gasteiger partial charge in [-0.2, -0.15) is 5.10 Å². The summed E-state index contributed by atoms with van der Waals surface area (Å²) in [5.74, 6) is 0.0337. The molecule has 1 fully saturated rings. The second-order valence-electron chi connectivity index (χ2n) is 10.5. The van der Waals surface area contributed by atoms with Gasteiger partial charge in [0.15, 0.2) is 5.69 Å². The van der Waals surface area contributed by atoms with E-state index in [1.165, 1.54) is 4.68 Å². The van der Waals surface area contributed by atoms with Gasteiger partial charge in [-0.25, -0.2) is 4.68 Å². The van der Waals surface area contributed by atoms with E-state index in [1.807, 2.05) is 56.3 Å². The number of fused-ring (bicyclic) bond motifs is 2. The number of nitrogens with zero attached hydrogens (tertiary/aromatic N) is 4. The number of hydrogen-bond acceptors (Lipinski definition) is 5. The summed E-state index contributed by atoms with van der Waals surface area (Å²) >= 11 is 0. The molecule has 4 heterocycles. The molecule has 0 bridgehead atoms. The van der Waals surface area contributed by atoms with Crippen molar-refractivity contribution in [3.8, 4) is 11.4 Å². The maximum Gasteiger partial charge on any atom is 0.277 e. The number of ether oxygens (including phenoxy) is 1. The van der Waals surface area contributed by atoms with Gasteiger partial charge in [0.05, 0.1) is 5.69 Å². The van der Waals surface area contributed by atoms with Gasteiger partial charge in [0.25, 0.3) is 11.8 Å². The number of carbonyl (C=O) groups is 3. The van der Waals surface area contributed by atoms with Gasteiger partial charge in [0, 0.05) is 48.4 Å². The lowest BCUT2D eigenvalue weighted by molar-refractivity contribution is -0.119. The molecule has 0 spiro atoms. The average Bonchev–Trinajstić information content (AvgIpc) is 3.41. The van der Waals surface area contributed by atoms with E-state index in [0.717, 1.165) is 42.0 Å². The first-order chi connectivity index (χ1) is 17.7. The quantitative estimate of drug-likeness (QED) is 0.592. The van der Waals surface area contributed by atoms with E-state index >= 15 is 0 Å². The Kier molecular flexibility index (Phi) is 5.33. The highest BCUT2D eigenvalue weighted by atomic mass is 16.5. The van der Waals surface area contributed by atoms with Gasteiger partial charge in [-0.15, -0.1) is 0 Å². The fourth-order valence-electron chi connectivity index (χ4n) is 5.61. The molecule has 0 saturated carbocycles. The maximum absolute atomic E-state index is 13.8. The zero-order chi connectivity index (χ0) is 25.9. The number of rotatable bonds is 4. The number of piperidine rings is 1. The smallest absolute Gasteiger partial charge is 0.277 e. The van der Waals surface area contributed by atoms with E-state index in [1.54, 1.807) is 9.80 Å². The summed E-state index contributed by atoms with van der Waals surface area (Å²) in [5.41, 5.74) is 9.65. The molecule has 3 amide bonds. The van der Waals surface area contributed by atoms with Crippen LogP contribution in [0.5, 0.6) is 5.75 Å². The summed E-state index contributed by atoms with van der Waals surface area (Å²) in [5, 5.41) is 4.50. The molecule has 9 nitrogen and oxygen atoms in total. The van der Waals surface area contributed by atoms with Crippen molar-refractivity contribution >= 4 is 29.1 Å². The summed E-state index contributed by atoms with van der Waals surface area (Å²) in [6.07, 6.45) is 3.65. The Balaban J connectivity index is 1.35. The van der Waals surface area contributed by atoms with Gasteiger partial charge in [0.2, 0.25) is 5.91 Å². The molecule has 6 rings (SSSR count). The van der Waals surface area contributed by atoms with Gasteiger partial charge in [-0.3, -0.25) is 14.4 Å². The third-order valence-electron chi connectivity index (χ3n) is 7.34. The minimum absolute atomic E-state index is 0.124. The number of amides is 3. The molecule has 2 aromatic carbocycles. The molecule has 3 aliphatic heterocycles. The van der Waals surface area contributed by atoms with Crippen LogP contribution in [0.15, 0.2) is 42.5 Å². The van der Waals surface area contributed by atoms with Crippen LogP contribution in [0.3, 0.4) is 0 Å². The molecule has 37 heavy (non-hydrogen) atoms. The molecule has 0 atom stereocenters. The van der Waals surface area contributed by atoms with Gasteiger partial charge < -0.3 is 20.3 Å². The Labute approximate surface area is 214 Å². The standard InChI is InChI=1S/C28H29N5O4/c1-28(2)16-17-15-20(10-11-22(17)37-28)33-25-21(24(30-33)26(29)35)12-14-32(27(25)36)19-8-6-18(7-9-19)31-13-4-3-5-23(31)34/h6-11,15H,3-5,12-14,16H2,1-2H3,(H2,29,35). The van der Waals surface area contributed by atoms with E-state index in [-0.39, 0.29) is 23.1 Å². The van der Waals surface area contributed by atoms with Gasteiger partial charge >= 0.3 is 0 Å². The zero-order valence-electron chi connectivity index (χ0n) is 21.0. The van der Waals surface area contributed by atoms with E-state index in [0.29, 0.717) is 42.9 Å². The number of carbonyl (C=O) groups excluding carboxylic acids is 3. The van der Waals surface area contributed by atoms with Crippen LogP contribution < -0.4 is 20.3 Å². The summed E-state index contributed by atoms with van der Waals surface area (Å²) in [6, 6.07) is 13.2. The first-order valence-electron chi connectivity index (χ1n) is 12.7. The lowest BCUT2D eigenvalue weighted by Crippen LogP contribution is -2.39. The first kappa shape index (κ1) is 23.3. The molecule has 1 saturated heterocycles. The van der Waals surface area contributed by atoms with Crippen molar-refractivity contribution in [2.75, 3.05) is 22.9 Å². The van der Waals surface area contributed by atoms with Crippen molar-refractivity contribution in [3.63, 3.8) is 0 Å².